The molecule has 0 atom stereocenters. The molecule has 0 aliphatic heterocycles. The van der Waals surface area contributed by atoms with Gasteiger partial charge in [0.2, 0.25) is 0 Å². The van der Waals surface area contributed by atoms with Gasteiger partial charge in [-0.15, -0.1) is 0 Å². The predicted molar refractivity (Wildman–Crippen MR) is 49.2 cm³/mol. The molecule has 1 aromatic heterocycles. The zero-order valence-electron chi connectivity index (χ0n) is 6.86. The Bertz CT molecular complexity index is 411. The molecule has 0 bridgehead atoms. The fourth-order valence-electron chi connectivity index (χ4n) is 0.908. The van der Waals surface area contributed by atoms with E-state index in [-0.39, 0.29) is 17.0 Å². The largest absolute Gasteiger partial charge is 0.409 e. The van der Waals surface area contributed by atoms with E-state index >= 15 is 0 Å². The summed E-state index contributed by atoms with van der Waals surface area (Å²) < 4.78 is 1.26. The van der Waals surface area contributed by atoms with Crippen LogP contribution in [-0.4, -0.2) is 15.6 Å². The Morgan fingerprint density at radius 2 is 2.38 bits per heavy atom. The van der Waals surface area contributed by atoms with E-state index in [0.717, 1.165) is 0 Å². The second kappa shape index (κ2) is 3.49. The summed E-state index contributed by atoms with van der Waals surface area (Å²) in [7, 11) is 1.53. The van der Waals surface area contributed by atoms with Gasteiger partial charge in [0.1, 0.15) is 0 Å². The lowest BCUT2D eigenvalue weighted by molar-refractivity contribution is 0.318. The van der Waals surface area contributed by atoms with E-state index in [4.69, 9.17) is 22.5 Å². The molecule has 0 aromatic carbocycles. The molecule has 6 heteroatoms. The summed E-state index contributed by atoms with van der Waals surface area (Å²) in [5.74, 6) is -0.247. The Morgan fingerprint density at radius 1 is 1.77 bits per heavy atom. The molecule has 0 spiro atoms. The second-order valence-corrected chi connectivity index (χ2v) is 2.91. The van der Waals surface area contributed by atoms with Crippen molar-refractivity contribution in [1.82, 2.24) is 4.57 Å². The van der Waals surface area contributed by atoms with Crippen LogP contribution in [0.15, 0.2) is 22.2 Å². The third-order valence-corrected chi connectivity index (χ3v) is 1.74. The van der Waals surface area contributed by atoms with Crippen molar-refractivity contribution in [2.45, 2.75) is 0 Å². The predicted octanol–water partition coefficient (Wildman–Crippen LogP) is 0.133. The van der Waals surface area contributed by atoms with E-state index in [2.05, 4.69) is 5.16 Å². The maximum atomic E-state index is 11.4. The van der Waals surface area contributed by atoms with Crippen LogP contribution in [0.4, 0.5) is 0 Å². The number of oxime groups is 1. The normalized spacial score (nSPS) is 11.7. The Morgan fingerprint density at radius 3 is 2.92 bits per heavy atom. The first kappa shape index (κ1) is 9.60. The number of aryl methyl sites for hydroxylation is 1. The number of amidine groups is 1. The SMILES string of the molecule is Cn1cc(Cl)cc(C(N)=NO)c1=O. The summed E-state index contributed by atoms with van der Waals surface area (Å²) in [5, 5.41) is 11.4. The highest BCUT2D eigenvalue weighted by Gasteiger charge is 2.07. The van der Waals surface area contributed by atoms with Gasteiger partial charge in [-0.3, -0.25) is 4.79 Å². The van der Waals surface area contributed by atoms with Crippen LogP contribution in [0.5, 0.6) is 0 Å². The van der Waals surface area contributed by atoms with E-state index < -0.39 is 0 Å². The van der Waals surface area contributed by atoms with Crippen LogP contribution in [-0.2, 0) is 7.05 Å². The molecule has 1 rings (SSSR count). The van der Waals surface area contributed by atoms with Crippen molar-refractivity contribution in [3.63, 3.8) is 0 Å². The van der Waals surface area contributed by atoms with Gasteiger partial charge >= 0.3 is 0 Å². The summed E-state index contributed by atoms with van der Waals surface area (Å²) in [4.78, 5) is 11.4. The molecule has 5 nitrogen and oxygen atoms in total. The molecule has 0 saturated heterocycles. The Hall–Kier alpha value is -1.49. The number of rotatable bonds is 1. The Kier molecular flexibility index (Phi) is 2.57. The standard InChI is InChI=1S/C7H8ClN3O2/c1-11-3-4(8)2-5(7(11)12)6(9)10-13/h2-3,13H,1H3,(H2,9,10). The molecule has 3 N–H and O–H groups in total. The van der Waals surface area contributed by atoms with E-state index in [1.807, 2.05) is 0 Å². The quantitative estimate of drug-likeness (QED) is 0.293. The van der Waals surface area contributed by atoms with Crippen molar-refractivity contribution < 1.29 is 5.21 Å². The van der Waals surface area contributed by atoms with E-state index in [1.165, 1.54) is 23.9 Å². The van der Waals surface area contributed by atoms with Gasteiger partial charge in [-0.2, -0.15) is 0 Å². The topological polar surface area (TPSA) is 80.6 Å². The van der Waals surface area contributed by atoms with Crippen LogP contribution in [0.2, 0.25) is 5.02 Å². The number of nitrogens with zero attached hydrogens (tertiary/aromatic N) is 2. The van der Waals surface area contributed by atoms with Gasteiger partial charge in [0.05, 0.1) is 10.6 Å². The monoisotopic (exact) mass is 201 g/mol. The van der Waals surface area contributed by atoms with Gasteiger partial charge in [0.25, 0.3) is 5.56 Å². The number of hydrogen-bond donors (Lipinski definition) is 2. The summed E-state index contributed by atoms with van der Waals surface area (Å²) in [6, 6.07) is 1.35. The first-order valence-corrected chi connectivity index (χ1v) is 3.78. The molecule has 70 valence electrons. The molecule has 0 aliphatic rings. The van der Waals surface area contributed by atoms with Gasteiger partial charge in [0, 0.05) is 13.2 Å². The molecule has 0 saturated carbocycles. The fraction of sp³-hybridized carbons (Fsp3) is 0.143. The van der Waals surface area contributed by atoms with E-state index in [0.29, 0.717) is 5.02 Å². The molecular formula is C7H8ClN3O2. The third kappa shape index (κ3) is 1.81. The summed E-state index contributed by atoms with van der Waals surface area (Å²) in [6.45, 7) is 0. The zero-order valence-corrected chi connectivity index (χ0v) is 7.62. The number of nitrogens with two attached hydrogens (primary N) is 1. The molecule has 0 aliphatic carbocycles. The third-order valence-electron chi connectivity index (χ3n) is 1.53. The minimum atomic E-state index is -0.361. The van der Waals surface area contributed by atoms with Crippen molar-refractivity contribution in [2.75, 3.05) is 0 Å². The van der Waals surface area contributed by atoms with Crippen molar-refractivity contribution in [3.8, 4) is 0 Å². The lowest BCUT2D eigenvalue weighted by Crippen LogP contribution is -2.28. The number of pyridine rings is 1. The van der Waals surface area contributed by atoms with Crippen LogP contribution in [0.1, 0.15) is 5.56 Å². The lowest BCUT2D eigenvalue weighted by atomic mass is 10.2. The summed E-state index contributed by atoms with van der Waals surface area (Å²) in [6.07, 6.45) is 1.44. The minimum Gasteiger partial charge on any atom is -0.409 e. The lowest BCUT2D eigenvalue weighted by Gasteiger charge is -2.02. The van der Waals surface area contributed by atoms with Crippen molar-refractivity contribution >= 4 is 17.4 Å². The van der Waals surface area contributed by atoms with Crippen LogP contribution < -0.4 is 11.3 Å². The molecule has 0 radical (unpaired) electrons. The Labute approximate surface area is 79.0 Å². The first-order valence-electron chi connectivity index (χ1n) is 3.40. The second-order valence-electron chi connectivity index (χ2n) is 2.47. The number of hydrogen-bond acceptors (Lipinski definition) is 3. The van der Waals surface area contributed by atoms with Crippen molar-refractivity contribution in [1.29, 1.82) is 0 Å². The highest BCUT2D eigenvalue weighted by atomic mass is 35.5. The maximum absolute atomic E-state index is 11.4. The molecule has 1 aromatic rings. The molecule has 1 heterocycles. The number of aromatic nitrogens is 1. The van der Waals surface area contributed by atoms with Crippen LogP contribution in [0, 0.1) is 0 Å². The van der Waals surface area contributed by atoms with Crippen LogP contribution in [0.3, 0.4) is 0 Å². The maximum Gasteiger partial charge on any atom is 0.261 e. The number of halogens is 1. The molecule has 0 unspecified atom stereocenters. The first-order chi connectivity index (χ1) is 6.06. The average Bonchev–Trinajstić information content (AvgIpc) is 2.10. The van der Waals surface area contributed by atoms with E-state index in [1.54, 1.807) is 0 Å². The van der Waals surface area contributed by atoms with Gasteiger partial charge < -0.3 is 15.5 Å². The highest BCUT2D eigenvalue weighted by molar-refractivity contribution is 6.30. The molecule has 13 heavy (non-hydrogen) atoms. The molecule has 0 amide bonds. The van der Waals surface area contributed by atoms with Gasteiger partial charge in [0.15, 0.2) is 5.84 Å². The smallest absolute Gasteiger partial charge is 0.261 e. The highest BCUT2D eigenvalue weighted by Crippen LogP contribution is 2.06. The molecular weight excluding hydrogens is 194 g/mol. The summed E-state index contributed by atoms with van der Waals surface area (Å²) in [5.41, 5.74) is 4.98. The molecule has 0 fully saturated rings. The van der Waals surface area contributed by atoms with Gasteiger partial charge in [-0.25, -0.2) is 0 Å². The Balaban J connectivity index is 3.46. The van der Waals surface area contributed by atoms with Gasteiger partial charge in [-0.1, -0.05) is 16.8 Å². The summed E-state index contributed by atoms with van der Waals surface area (Å²) >= 11 is 5.67. The average molecular weight is 202 g/mol. The van der Waals surface area contributed by atoms with Crippen LogP contribution >= 0.6 is 11.6 Å². The fourth-order valence-corrected chi connectivity index (χ4v) is 1.16. The van der Waals surface area contributed by atoms with Crippen molar-refractivity contribution in [3.05, 3.63) is 33.2 Å². The van der Waals surface area contributed by atoms with Gasteiger partial charge in [-0.05, 0) is 6.07 Å². The minimum absolute atomic E-state index is 0.0810. The van der Waals surface area contributed by atoms with Crippen LogP contribution in [0.25, 0.3) is 0 Å². The van der Waals surface area contributed by atoms with E-state index in [9.17, 15) is 4.79 Å². The zero-order chi connectivity index (χ0) is 10.0. The van der Waals surface area contributed by atoms with Crippen molar-refractivity contribution in [2.24, 2.45) is 17.9 Å².